The molecule has 2 aromatic rings. The van der Waals surface area contributed by atoms with Crippen molar-refractivity contribution in [2.75, 3.05) is 0 Å². The molecule has 0 aliphatic carbocycles. The zero-order chi connectivity index (χ0) is 13.9. The summed E-state index contributed by atoms with van der Waals surface area (Å²) in [4.78, 5) is 16.0. The van der Waals surface area contributed by atoms with Gasteiger partial charge in [0.1, 0.15) is 11.6 Å². The quantitative estimate of drug-likeness (QED) is 0.902. The molecule has 2 aromatic heterocycles. The average molecular weight is 275 g/mol. The molecule has 0 saturated heterocycles. The van der Waals surface area contributed by atoms with Crippen LogP contribution in [0.3, 0.4) is 0 Å². The van der Waals surface area contributed by atoms with E-state index in [0.717, 1.165) is 43.8 Å². The summed E-state index contributed by atoms with van der Waals surface area (Å²) in [5.74, 6) is 1.24. The molecule has 106 valence electrons. The minimum atomic E-state index is -0.353. The average Bonchev–Trinajstić information content (AvgIpc) is 2.70. The minimum absolute atomic E-state index is 0.274. The molecule has 6 heteroatoms. The van der Waals surface area contributed by atoms with E-state index >= 15 is 0 Å². The number of aromatic amines is 1. The van der Waals surface area contributed by atoms with Crippen LogP contribution >= 0.6 is 0 Å². The van der Waals surface area contributed by atoms with E-state index < -0.39 is 0 Å². The van der Waals surface area contributed by atoms with Gasteiger partial charge in [-0.15, -0.1) is 0 Å². The van der Waals surface area contributed by atoms with Crippen molar-refractivity contribution in [3.63, 3.8) is 0 Å². The van der Waals surface area contributed by atoms with Gasteiger partial charge in [0.25, 0.3) is 0 Å². The van der Waals surface area contributed by atoms with Gasteiger partial charge in [-0.25, -0.2) is 14.4 Å². The summed E-state index contributed by atoms with van der Waals surface area (Å²) in [5.41, 5.74) is 7.05. The molecule has 0 radical (unpaired) electrons. The zero-order valence-corrected chi connectivity index (χ0v) is 11.3. The molecular weight excluding hydrogens is 257 g/mol. The van der Waals surface area contributed by atoms with Crippen LogP contribution in [0.4, 0.5) is 4.39 Å². The highest BCUT2D eigenvalue weighted by molar-refractivity contribution is 5.80. The number of aromatic nitrogens is 3. The Bertz CT molecular complexity index is 634. The van der Waals surface area contributed by atoms with Crippen molar-refractivity contribution < 1.29 is 4.39 Å². The Labute approximate surface area is 116 Å². The van der Waals surface area contributed by atoms with Gasteiger partial charge in [-0.1, -0.05) is 6.42 Å². The summed E-state index contributed by atoms with van der Waals surface area (Å²) in [6.45, 7) is 0. The van der Waals surface area contributed by atoms with Gasteiger partial charge in [0, 0.05) is 18.9 Å². The van der Waals surface area contributed by atoms with Crippen molar-refractivity contribution in [1.29, 1.82) is 0 Å². The number of amidine groups is 1. The highest BCUT2D eigenvalue weighted by atomic mass is 19.1. The van der Waals surface area contributed by atoms with Crippen LogP contribution in [0.25, 0.3) is 11.2 Å². The van der Waals surface area contributed by atoms with E-state index in [1.807, 2.05) is 0 Å². The number of hydrogen-bond acceptors (Lipinski definition) is 4. The first-order chi connectivity index (χ1) is 9.70. The van der Waals surface area contributed by atoms with Crippen molar-refractivity contribution in [3.8, 4) is 0 Å². The van der Waals surface area contributed by atoms with Gasteiger partial charge in [-0.05, 0) is 19.3 Å². The number of halogens is 1. The first kappa shape index (κ1) is 13.0. The van der Waals surface area contributed by atoms with Gasteiger partial charge >= 0.3 is 0 Å². The molecule has 0 bridgehead atoms. The van der Waals surface area contributed by atoms with Crippen LogP contribution < -0.4 is 5.73 Å². The molecule has 1 aliphatic rings. The highest BCUT2D eigenvalue weighted by Crippen LogP contribution is 2.18. The molecule has 3 rings (SSSR count). The first-order valence-electron chi connectivity index (χ1n) is 7.03. The largest absolute Gasteiger partial charge is 0.387 e. The molecule has 0 saturated carbocycles. The molecule has 1 unspecified atom stereocenters. The van der Waals surface area contributed by atoms with E-state index in [9.17, 15) is 4.39 Å². The van der Waals surface area contributed by atoms with Gasteiger partial charge < -0.3 is 10.7 Å². The third kappa shape index (κ3) is 2.95. The third-order valence-corrected chi connectivity index (χ3v) is 3.64. The lowest BCUT2D eigenvalue weighted by Crippen LogP contribution is -2.14. The van der Waals surface area contributed by atoms with Crippen LogP contribution in [0.15, 0.2) is 17.3 Å². The number of aliphatic imine (C=N–C) groups is 1. The first-order valence-corrected chi connectivity index (χ1v) is 7.03. The molecule has 3 N–H and O–H groups in total. The van der Waals surface area contributed by atoms with Crippen LogP contribution in [-0.4, -0.2) is 26.8 Å². The van der Waals surface area contributed by atoms with Crippen molar-refractivity contribution in [1.82, 2.24) is 15.0 Å². The SMILES string of the molecule is NC1=NC(CCc2nc3ncc(F)cc3[nH]2)CCCC1. The van der Waals surface area contributed by atoms with Crippen LogP contribution in [0.2, 0.25) is 0 Å². The fourth-order valence-electron chi connectivity index (χ4n) is 2.60. The lowest BCUT2D eigenvalue weighted by molar-refractivity contribution is 0.548. The smallest absolute Gasteiger partial charge is 0.177 e. The van der Waals surface area contributed by atoms with Crippen LogP contribution in [0.1, 0.15) is 37.9 Å². The second-order valence-electron chi connectivity index (χ2n) is 5.27. The maximum Gasteiger partial charge on any atom is 0.177 e. The van der Waals surface area contributed by atoms with E-state index in [-0.39, 0.29) is 11.9 Å². The molecule has 20 heavy (non-hydrogen) atoms. The predicted octanol–water partition coefficient (Wildman–Crippen LogP) is 2.33. The molecule has 1 aliphatic heterocycles. The second-order valence-corrected chi connectivity index (χ2v) is 5.27. The summed E-state index contributed by atoms with van der Waals surface area (Å²) in [6.07, 6.45) is 7.14. The summed E-state index contributed by atoms with van der Waals surface area (Å²) >= 11 is 0. The minimum Gasteiger partial charge on any atom is -0.387 e. The number of H-pyrrole nitrogens is 1. The normalized spacial score (nSPS) is 19.9. The number of fused-ring (bicyclic) bond motifs is 1. The molecule has 0 aromatic carbocycles. The van der Waals surface area contributed by atoms with Gasteiger partial charge in [0.2, 0.25) is 0 Å². The lowest BCUT2D eigenvalue weighted by atomic mass is 10.1. The predicted molar refractivity (Wildman–Crippen MR) is 76.0 cm³/mol. The summed E-state index contributed by atoms with van der Waals surface area (Å²) in [6, 6.07) is 1.69. The molecule has 0 spiro atoms. The number of pyridine rings is 1. The molecule has 0 amide bonds. The Kier molecular flexibility index (Phi) is 3.62. The molecule has 0 fully saturated rings. The van der Waals surface area contributed by atoms with E-state index in [1.165, 1.54) is 18.7 Å². The van der Waals surface area contributed by atoms with Gasteiger partial charge in [-0.3, -0.25) is 4.99 Å². The molecule has 5 nitrogen and oxygen atoms in total. The van der Waals surface area contributed by atoms with Gasteiger partial charge in [0.15, 0.2) is 5.65 Å². The van der Waals surface area contributed by atoms with E-state index in [0.29, 0.717) is 11.2 Å². The summed E-state index contributed by atoms with van der Waals surface area (Å²) < 4.78 is 13.1. The Hall–Kier alpha value is -1.98. The van der Waals surface area contributed by atoms with Crippen LogP contribution in [0.5, 0.6) is 0 Å². The van der Waals surface area contributed by atoms with E-state index in [2.05, 4.69) is 19.9 Å². The monoisotopic (exact) mass is 275 g/mol. The van der Waals surface area contributed by atoms with Crippen molar-refractivity contribution in [3.05, 3.63) is 23.9 Å². The van der Waals surface area contributed by atoms with Crippen molar-refractivity contribution in [2.45, 2.75) is 44.6 Å². The standard InChI is InChI=1S/C14H18FN5/c15-9-7-11-14(17-8-9)20-13(19-11)6-5-10-3-1-2-4-12(16)18-10/h7-8,10H,1-6H2,(H2,16,18)(H,17,19,20). The van der Waals surface area contributed by atoms with Gasteiger partial charge in [0.05, 0.1) is 23.6 Å². The summed E-state index contributed by atoms with van der Waals surface area (Å²) in [7, 11) is 0. The number of nitrogens with one attached hydrogen (secondary N) is 1. The second kappa shape index (κ2) is 5.56. The maximum absolute atomic E-state index is 13.1. The Morgan fingerprint density at radius 2 is 2.30 bits per heavy atom. The number of aryl methyl sites for hydroxylation is 1. The fraction of sp³-hybridized carbons (Fsp3) is 0.500. The van der Waals surface area contributed by atoms with E-state index in [1.54, 1.807) is 0 Å². The molecule has 3 heterocycles. The Balaban J connectivity index is 1.68. The van der Waals surface area contributed by atoms with Crippen molar-refractivity contribution >= 4 is 17.0 Å². The topological polar surface area (TPSA) is 79.9 Å². The Morgan fingerprint density at radius 1 is 1.40 bits per heavy atom. The fourth-order valence-corrected chi connectivity index (χ4v) is 2.60. The van der Waals surface area contributed by atoms with E-state index in [4.69, 9.17) is 5.73 Å². The Morgan fingerprint density at radius 3 is 3.20 bits per heavy atom. The van der Waals surface area contributed by atoms with Crippen molar-refractivity contribution in [2.24, 2.45) is 10.7 Å². The number of rotatable bonds is 3. The van der Waals surface area contributed by atoms with Crippen LogP contribution in [0, 0.1) is 5.82 Å². The number of hydrogen-bond donors (Lipinski definition) is 2. The van der Waals surface area contributed by atoms with Gasteiger partial charge in [-0.2, -0.15) is 0 Å². The third-order valence-electron chi connectivity index (χ3n) is 3.64. The zero-order valence-electron chi connectivity index (χ0n) is 11.3. The number of nitrogens with two attached hydrogens (primary N) is 1. The lowest BCUT2D eigenvalue weighted by Gasteiger charge is -2.09. The van der Waals surface area contributed by atoms with Crippen LogP contribution in [-0.2, 0) is 6.42 Å². The number of nitrogens with zero attached hydrogens (tertiary/aromatic N) is 3. The summed E-state index contributed by atoms with van der Waals surface area (Å²) in [5, 5.41) is 0. The highest BCUT2D eigenvalue weighted by Gasteiger charge is 2.13. The maximum atomic E-state index is 13.1. The number of imidazole rings is 1. The molecular formula is C14H18FN5. The molecule has 1 atom stereocenters.